The second-order valence-corrected chi connectivity index (χ2v) is 11.8. The van der Waals surface area contributed by atoms with Gasteiger partial charge in [-0.15, -0.1) is 0 Å². The maximum Gasteiger partial charge on any atom is 0.321 e. The van der Waals surface area contributed by atoms with Crippen molar-refractivity contribution in [2.75, 3.05) is 36.8 Å². The number of aryl methyl sites for hydroxylation is 1. The molecule has 0 spiro atoms. The van der Waals surface area contributed by atoms with Gasteiger partial charge in [0.25, 0.3) is 15.9 Å². The molecule has 3 atom stereocenters. The van der Waals surface area contributed by atoms with Gasteiger partial charge in [-0.2, -0.15) is 8.42 Å². The quantitative estimate of drug-likeness (QED) is 0.367. The fourth-order valence-electron chi connectivity index (χ4n) is 4.34. The molecule has 14 heteroatoms. The van der Waals surface area contributed by atoms with E-state index in [0.717, 1.165) is 0 Å². The van der Waals surface area contributed by atoms with E-state index >= 15 is 0 Å². The number of urea groups is 1. The molecule has 0 saturated heterocycles. The molecule has 2 heterocycles. The average molecular weight is 589 g/mol. The Hall–Kier alpha value is -4.17. The van der Waals surface area contributed by atoms with Crippen molar-refractivity contribution in [2.45, 2.75) is 31.0 Å². The van der Waals surface area contributed by atoms with Crippen molar-refractivity contribution in [1.29, 1.82) is 0 Å². The SMILES string of the molecule is C[C@H]1CN([C@@H](C)CO)C(=O)c2cc(NS(=O)(=O)c3cn(C)cn3)ccc2O[C@H]1CN(C)C(=O)Nc1ccc(F)cc1. The van der Waals surface area contributed by atoms with Crippen molar-refractivity contribution in [3.05, 3.63) is 66.4 Å². The smallest absolute Gasteiger partial charge is 0.321 e. The second-order valence-electron chi connectivity index (χ2n) is 10.1. The van der Waals surface area contributed by atoms with Gasteiger partial charge in [0.05, 0.1) is 31.1 Å². The highest BCUT2D eigenvalue weighted by Gasteiger charge is 2.34. The third-order valence-corrected chi connectivity index (χ3v) is 8.04. The number of aliphatic hydroxyl groups is 1. The van der Waals surface area contributed by atoms with Gasteiger partial charge in [0.2, 0.25) is 0 Å². The predicted molar refractivity (Wildman–Crippen MR) is 150 cm³/mol. The molecule has 1 aromatic heterocycles. The van der Waals surface area contributed by atoms with Crippen LogP contribution in [-0.2, 0) is 17.1 Å². The number of aliphatic hydroxyl groups excluding tert-OH is 1. The summed E-state index contributed by atoms with van der Waals surface area (Å²) in [4.78, 5) is 33.3. The van der Waals surface area contributed by atoms with E-state index in [0.29, 0.717) is 5.69 Å². The largest absolute Gasteiger partial charge is 0.487 e. The van der Waals surface area contributed by atoms with Crippen LogP contribution in [0.1, 0.15) is 24.2 Å². The Labute approximate surface area is 237 Å². The molecule has 0 unspecified atom stereocenters. The number of carbonyl (C=O) groups excluding carboxylic acids is 2. The number of rotatable bonds is 8. The third kappa shape index (κ3) is 6.95. The summed E-state index contributed by atoms with van der Waals surface area (Å²) in [6.07, 6.45) is 2.14. The van der Waals surface area contributed by atoms with Crippen LogP contribution < -0.4 is 14.8 Å². The molecule has 0 fully saturated rings. The van der Waals surface area contributed by atoms with Crippen LogP contribution in [0, 0.1) is 11.7 Å². The van der Waals surface area contributed by atoms with Crippen molar-refractivity contribution in [3.8, 4) is 5.75 Å². The molecule has 220 valence electrons. The highest BCUT2D eigenvalue weighted by atomic mass is 32.2. The number of ether oxygens (including phenoxy) is 1. The zero-order valence-corrected chi connectivity index (χ0v) is 23.9. The Balaban J connectivity index is 1.60. The van der Waals surface area contributed by atoms with Gasteiger partial charge in [0, 0.05) is 44.1 Å². The number of benzene rings is 2. The molecule has 0 bridgehead atoms. The predicted octanol–water partition coefficient (Wildman–Crippen LogP) is 2.74. The molecule has 3 amide bonds. The van der Waals surface area contributed by atoms with Gasteiger partial charge in [0.1, 0.15) is 17.7 Å². The zero-order valence-electron chi connectivity index (χ0n) is 23.1. The minimum absolute atomic E-state index is 0.0989. The molecule has 3 aromatic rings. The number of nitrogens with zero attached hydrogens (tertiary/aromatic N) is 4. The Morgan fingerprint density at radius 3 is 2.56 bits per heavy atom. The summed E-state index contributed by atoms with van der Waals surface area (Å²) in [5.74, 6) is -0.914. The number of hydrogen-bond donors (Lipinski definition) is 3. The number of halogens is 1. The van der Waals surface area contributed by atoms with E-state index in [1.807, 2.05) is 6.92 Å². The molecule has 2 aromatic carbocycles. The molecular weight excluding hydrogens is 555 g/mol. The van der Waals surface area contributed by atoms with Gasteiger partial charge in [-0.1, -0.05) is 6.92 Å². The summed E-state index contributed by atoms with van der Waals surface area (Å²) < 4.78 is 49.1. The van der Waals surface area contributed by atoms with Crippen LogP contribution in [0.2, 0.25) is 0 Å². The number of aromatic nitrogens is 2. The fourth-order valence-corrected chi connectivity index (χ4v) is 5.38. The second kappa shape index (κ2) is 12.1. The summed E-state index contributed by atoms with van der Waals surface area (Å²) in [7, 11) is -0.789. The number of hydrogen-bond acceptors (Lipinski definition) is 7. The minimum atomic E-state index is -4.02. The van der Waals surface area contributed by atoms with Crippen LogP contribution in [0.5, 0.6) is 5.75 Å². The monoisotopic (exact) mass is 588 g/mol. The van der Waals surface area contributed by atoms with Crippen LogP contribution in [0.4, 0.5) is 20.6 Å². The molecule has 0 saturated carbocycles. The number of amides is 3. The molecule has 0 radical (unpaired) electrons. The van der Waals surface area contributed by atoms with Crippen LogP contribution in [0.25, 0.3) is 0 Å². The molecular formula is C27H33FN6O6S. The summed E-state index contributed by atoms with van der Waals surface area (Å²) >= 11 is 0. The van der Waals surface area contributed by atoms with E-state index in [1.54, 1.807) is 21.0 Å². The minimum Gasteiger partial charge on any atom is -0.487 e. The first kappa shape index (κ1) is 29.8. The molecule has 4 rings (SSSR count). The topological polar surface area (TPSA) is 146 Å². The van der Waals surface area contributed by atoms with Crippen molar-refractivity contribution in [1.82, 2.24) is 19.4 Å². The van der Waals surface area contributed by atoms with E-state index in [4.69, 9.17) is 4.74 Å². The van der Waals surface area contributed by atoms with Gasteiger partial charge in [-0.25, -0.2) is 14.2 Å². The Kier molecular flexibility index (Phi) is 8.83. The normalized spacial score (nSPS) is 18.0. The Morgan fingerprint density at radius 2 is 1.93 bits per heavy atom. The van der Waals surface area contributed by atoms with Gasteiger partial charge in [-0.05, 0) is 49.4 Å². The zero-order chi connectivity index (χ0) is 29.9. The Morgan fingerprint density at radius 1 is 1.24 bits per heavy atom. The van der Waals surface area contributed by atoms with Gasteiger partial charge in [0.15, 0.2) is 5.03 Å². The standard InChI is InChI=1S/C27H33FN6O6S/c1-17-12-34(18(2)15-35)26(36)22-11-21(31-41(38,39)25-14-32(3)16-29-25)9-10-23(22)40-24(17)13-33(4)27(37)30-20-7-5-19(28)6-8-20/h5-11,14,16-18,24,31,35H,12-13,15H2,1-4H3,(H,30,37)/t17-,18-,24-/m0/s1. The first-order valence-electron chi connectivity index (χ1n) is 12.9. The van der Waals surface area contributed by atoms with E-state index in [1.165, 1.54) is 69.4 Å². The van der Waals surface area contributed by atoms with Crippen molar-refractivity contribution in [2.24, 2.45) is 13.0 Å². The number of imidazole rings is 1. The lowest BCUT2D eigenvalue weighted by Gasteiger charge is -2.38. The van der Waals surface area contributed by atoms with Gasteiger partial charge < -0.3 is 29.5 Å². The lowest BCUT2D eigenvalue weighted by atomic mass is 9.99. The lowest BCUT2D eigenvalue weighted by molar-refractivity contribution is 0.0371. The van der Waals surface area contributed by atoms with E-state index in [9.17, 15) is 27.5 Å². The number of anilines is 2. The van der Waals surface area contributed by atoms with Crippen molar-refractivity contribution >= 4 is 33.3 Å². The van der Waals surface area contributed by atoms with E-state index < -0.39 is 39.9 Å². The summed E-state index contributed by atoms with van der Waals surface area (Å²) in [6.45, 7) is 3.64. The number of carbonyl (C=O) groups is 2. The number of likely N-dealkylation sites (N-methyl/N-ethyl adjacent to an activating group) is 1. The summed E-state index contributed by atoms with van der Waals surface area (Å²) in [5.41, 5.74) is 0.653. The maximum atomic E-state index is 13.6. The van der Waals surface area contributed by atoms with Crippen molar-refractivity contribution in [3.63, 3.8) is 0 Å². The molecule has 12 nitrogen and oxygen atoms in total. The molecule has 41 heavy (non-hydrogen) atoms. The number of sulfonamides is 1. The fraction of sp³-hybridized carbons (Fsp3) is 0.370. The number of fused-ring (bicyclic) bond motifs is 1. The highest BCUT2D eigenvalue weighted by molar-refractivity contribution is 7.92. The summed E-state index contributed by atoms with van der Waals surface area (Å²) in [6, 6.07) is 8.76. The average Bonchev–Trinajstić information content (AvgIpc) is 3.39. The third-order valence-electron chi connectivity index (χ3n) is 6.77. The van der Waals surface area contributed by atoms with Crippen LogP contribution >= 0.6 is 0 Å². The van der Waals surface area contributed by atoms with Crippen LogP contribution in [0.15, 0.2) is 60.0 Å². The van der Waals surface area contributed by atoms with Gasteiger partial charge in [-0.3, -0.25) is 9.52 Å². The first-order valence-corrected chi connectivity index (χ1v) is 14.4. The Bertz CT molecular complexity index is 1510. The summed E-state index contributed by atoms with van der Waals surface area (Å²) in [5, 5.41) is 12.4. The molecule has 3 N–H and O–H groups in total. The van der Waals surface area contributed by atoms with Gasteiger partial charge >= 0.3 is 6.03 Å². The first-order chi connectivity index (χ1) is 19.4. The number of nitrogens with one attached hydrogen (secondary N) is 2. The van der Waals surface area contributed by atoms with Crippen LogP contribution in [-0.4, -0.2) is 83.7 Å². The van der Waals surface area contributed by atoms with E-state index in [-0.39, 0.29) is 47.6 Å². The molecule has 0 aliphatic carbocycles. The molecule has 1 aliphatic rings. The van der Waals surface area contributed by atoms with Crippen LogP contribution in [0.3, 0.4) is 0 Å². The van der Waals surface area contributed by atoms with Crippen molar-refractivity contribution < 1.29 is 32.2 Å². The highest BCUT2D eigenvalue weighted by Crippen LogP contribution is 2.31. The molecule has 1 aliphatic heterocycles. The lowest BCUT2D eigenvalue weighted by Crippen LogP contribution is -2.50. The van der Waals surface area contributed by atoms with E-state index in [2.05, 4.69) is 15.0 Å². The maximum absolute atomic E-state index is 13.6.